The maximum absolute atomic E-state index is 13.8. The highest BCUT2D eigenvalue weighted by atomic mass is 19.2. The van der Waals surface area contributed by atoms with E-state index >= 15 is 0 Å². The summed E-state index contributed by atoms with van der Waals surface area (Å²) in [4.78, 5) is 13.1. The molecule has 1 heterocycles. The second-order valence-corrected chi connectivity index (χ2v) is 9.46. The van der Waals surface area contributed by atoms with E-state index in [0.717, 1.165) is 50.8 Å². The van der Waals surface area contributed by atoms with E-state index in [0.29, 0.717) is 18.4 Å². The van der Waals surface area contributed by atoms with Crippen molar-refractivity contribution in [3.05, 3.63) is 71.3 Å². The molecule has 0 aromatic heterocycles. The SMILES string of the molecule is O=C(O)CCN1CCC(CC[C@@H]2CC2c2ccccc2)(Cc2ccc(F)c(F)c2)CC1. The first-order valence-electron chi connectivity index (χ1n) is 11.4. The van der Waals surface area contributed by atoms with Gasteiger partial charge in [0.2, 0.25) is 0 Å². The molecule has 2 fully saturated rings. The smallest absolute Gasteiger partial charge is 0.304 e. The van der Waals surface area contributed by atoms with Crippen molar-refractivity contribution in [3.63, 3.8) is 0 Å². The summed E-state index contributed by atoms with van der Waals surface area (Å²) >= 11 is 0. The molecule has 2 aromatic rings. The molecule has 1 aliphatic carbocycles. The van der Waals surface area contributed by atoms with Gasteiger partial charge in [0.1, 0.15) is 0 Å². The Morgan fingerprint density at radius 1 is 1.06 bits per heavy atom. The first kappa shape index (κ1) is 21.9. The minimum atomic E-state index is -0.801. The number of nitrogens with zero attached hydrogens (tertiary/aromatic N) is 1. The van der Waals surface area contributed by atoms with Gasteiger partial charge in [0.15, 0.2) is 11.6 Å². The van der Waals surface area contributed by atoms with Crippen LogP contribution in [0.15, 0.2) is 48.5 Å². The zero-order valence-electron chi connectivity index (χ0n) is 17.9. The molecule has 5 heteroatoms. The van der Waals surface area contributed by atoms with Crippen LogP contribution >= 0.6 is 0 Å². The number of rotatable bonds is 9. The third-order valence-electron chi connectivity index (χ3n) is 7.32. The van der Waals surface area contributed by atoms with Gasteiger partial charge in [0, 0.05) is 6.54 Å². The molecule has 1 saturated heterocycles. The number of halogens is 2. The van der Waals surface area contributed by atoms with Gasteiger partial charge in [-0.2, -0.15) is 0 Å². The zero-order chi connectivity index (χ0) is 21.8. The van der Waals surface area contributed by atoms with E-state index in [-0.39, 0.29) is 11.8 Å². The predicted octanol–water partition coefficient (Wildman–Crippen LogP) is 5.65. The molecule has 1 N–H and O–H groups in total. The predicted molar refractivity (Wildman–Crippen MR) is 117 cm³/mol. The van der Waals surface area contributed by atoms with Gasteiger partial charge in [-0.3, -0.25) is 4.79 Å². The quantitative estimate of drug-likeness (QED) is 0.562. The number of hydrogen-bond donors (Lipinski definition) is 1. The van der Waals surface area contributed by atoms with Crippen molar-refractivity contribution in [2.24, 2.45) is 11.3 Å². The standard InChI is InChI=1S/C26H31F2NO2/c27-23-7-6-19(16-24(23)28)18-26(11-14-29(15-12-26)13-9-25(30)31)10-8-21-17-22(21)20-4-2-1-3-5-20/h1-7,16,21-22H,8-15,17-18H2,(H,30,31)/t21-,22?/m1/s1. The number of benzene rings is 2. The summed E-state index contributed by atoms with van der Waals surface area (Å²) < 4.78 is 27.2. The van der Waals surface area contributed by atoms with Crippen LogP contribution in [-0.2, 0) is 11.2 Å². The Balaban J connectivity index is 1.40. The van der Waals surface area contributed by atoms with E-state index in [1.807, 2.05) is 0 Å². The highest BCUT2D eigenvalue weighted by Crippen LogP contribution is 2.52. The van der Waals surface area contributed by atoms with Crippen LogP contribution in [0.1, 0.15) is 55.6 Å². The average Bonchev–Trinajstić information content (AvgIpc) is 3.55. The van der Waals surface area contributed by atoms with E-state index in [2.05, 4.69) is 35.2 Å². The normalized spacial score (nSPS) is 22.9. The second-order valence-electron chi connectivity index (χ2n) is 9.46. The lowest BCUT2D eigenvalue weighted by Crippen LogP contribution is -2.42. The monoisotopic (exact) mass is 427 g/mol. The third kappa shape index (κ3) is 5.70. The molecule has 3 nitrogen and oxygen atoms in total. The van der Waals surface area contributed by atoms with E-state index in [1.54, 1.807) is 6.07 Å². The molecule has 4 rings (SSSR count). The number of aliphatic carboxylic acids is 1. The highest BCUT2D eigenvalue weighted by Gasteiger charge is 2.41. The first-order valence-corrected chi connectivity index (χ1v) is 11.4. The summed E-state index contributed by atoms with van der Waals surface area (Å²) in [7, 11) is 0. The molecule has 2 aliphatic rings. The van der Waals surface area contributed by atoms with Crippen molar-refractivity contribution < 1.29 is 18.7 Å². The Morgan fingerprint density at radius 2 is 1.81 bits per heavy atom. The molecule has 2 aromatic carbocycles. The number of hydrogen-bond acceptors (Lipinski definition) is 2. The van der Waals surface area contributed by atoms with Gasteiger partial charge in [-0.15, -0.1) is 0 Å². The van der Waals surface area contributed by atoms with Crippen molar-refractivity contribution in [2.75, 3.05) is 19.6 Å². The molecule has 1 aliphatic heterocycles. The summed E-state index contributed by atoms with van der Waals surface area (Å²) in [5.41, 5.74) is 2.34. The molecule has 2 atom stereocenters. The molecule has 1 saturated carbocycles. The summed E-state index contributed by atoms with van der Waals surface area (Å²) in [6, 6.07) is 15.0. The lowest BCUT2D eigenvalue weighted by molar-refractivity contribution is -0.137. The van der Waals surface area contributed by atoms with E-state index < -0.39 is 17.6 Å². The van der Waals surface area contributed by atoms with Crippen LogP contribution < -0.4 is 0 Å². The van der Waals surface area contributed by atoms with Gasteiger partial charge < -0.3 is 10.0 Å². The van der Waals surface area contributed by atoms with Crippen LogP contribution in [0.2, 0.25) is 0 Å². The number of piperidine rings is 1. The van der Waals surface area contributed by atoms with E-state index in [1.165, 1.54) is 24.1 Å². The molecule has 0 amide bonds. The number of carboxylic acids is 1. The summed E-state index contributed by atoms with van der Waals surface area (Å²) in [5, 5.41) is 8.97. The minimum Gasteiger partial charge on any atom is -0.481 e. The largest absolute Gasteiger partial charge is 0.481 e. The van der Waals surface area contributed by atoms with Gasteiger partial charge >= 0.3 is 5.97 Å². The molecule has 0 bridgehead atoms. The molecular weight excluding hydrogens is 396 g/mol. The topological polar surface area (TPSA) is 40.5 Å². The van der Waals surface area contributed by atoms with Crippen molar-refractivity contribution >= 4 is 5.97 Å². The first-order chi connectivity index (χ1) is 14.9. The summed E-state index contributed by atoms with van der Waals surface area (Å²) in [6.45, 7) is 2.31. The van der Waals surface area contributed by atoms with Crippen LogP contribution in [0.3, 0.4) is 0 Å². The molecule has 0 radical (unpaired) electrons. The highest BCUT2D eigenvalue weighted by molar-refractivity contribution is 5.66. The number of carboxylic acid groups (broad SMARTS) is 1. The Morgan fingerprint density at radius 3 is 2.48 bits per heavy atom. The van der Waals surface area contributed by atoms with Crippen LogP contribution in [0.5, 0.6) is 0 Å². The molecule has 166 valence electrons. The molecule has 0 spiro atoms. The van der Waals surface area contributed by atoms with Gasteiger partial charge in [-0.05, 0) is 92.1 Å². The Kier molecular flexibility index (Phi) is 6.71. The Labute approximate surface area is 183 Å². The lowest BCUT2D eigenvalue weighted by Gasteiger charge is -2.42. The Hall–Kier alpha value is -2.27. The molecule has 31 heavy (non-hydrogen) atoms. The van der Waals surface area contributed by atoms with Gasteiger partial charge in [0.25, 0.3) is 0 Å². The third-order valence-corrected chi connectivity index (χ3v) is 7.32. The molecule has 1 unspecified atom stereocenters. The van der Waals surface area contributed by atoms with E-state index in [4.69, 9.17) is 5.11 Å². The molecular formula is C26H31F2NO2. The fraction of sp³-hybridized carbons (Fsp3) is 0.500. The van der Waals surface area contributed by atoms with Gasteiger partial charge in [-0.1, -0.05) is 36.4 Å². The van der Waals surface area contributed by atoms with Crippen LogP contribution in [0.4, 0.5) is 8.78 Å². The average molecular weight is 428 g/mol. The van der Waals surface area contributed by atoms with Crippen molar-refractivity contribution in [1.29, 1.82) is 0 Å². The van der Waals surface area contributed by atoms with Crippen molar-refractivity contribution in [1.82, 2.24) is 4.90 Å². The van der Waals surface area contributed by atoms with Gasteiger partial charge in [0.05, 0.1) is 6.42 Å². The maximum Gasteiger partial charge on any atom is 0.304 e. The second kappa shape index (κ2) is 9.47. The van der Waals surface area contributed by atoms with Crippen LogP contribution in [-0.4, -0.2) is 35.6 Å². The maximum atomic E-state index is 13.8. The Bertz CT molecular complexity index is 894. The van der Waals surface area contributed by atoms with Crippen LogP contribution in [0.25, 0.3) is 0 Å². The van der Waals surface area contributed by atoms with Crippen LogP contribution in [0, 0.1) is 23.0 Å². The van der Waals surface area contributed by atoms with Crippen molar-refractivity contribution in [2.45, 2.75) is 50.9 Å². The van der Waals surface area contributed by atoms with Crippen molar-refractivity contribution in [3.8, 4) is 0 Å². The fourth-order valence-electron chi connectivity index (χ4n) is 5.27. The number of carbonyl (C=O) groups is 1. The van der Waals surface area contributed by atoms with Gasteiger partial charge in [-0.25, -0.2) is 8.78 Å². The minimum absolute atomic E-state index is 0.0633. The lowest BCUT2D eigenvalue weighted by atomic mass is 9.70. The number of likely N-dealkylation sites (tertiary alicyclic amines) is 1. The summed E-state index contributed by atoms with van der Waals surface area (Å²) in [5.74, 6) is -0.992. The zero-order valence-corrected chi connectivity index (χ0v) is 17.9. The summed E-state index contributed by atoms with van der Waals surface area (Å²) in [6.07, 6.45) is 6.31. The fourth-order valence-corrected chi connectivity index (χ4v) is 5.27. The van der Waals surface area contributed by atoms with E-state index in [9.17, 15) is 13.6 Å².